The van der Waals surface area contributed by atoms with Crippen molar-refractivity contribution < 1.29 is 4.79 Å². The van der Waals surface area contributed by atoms with Crippen LogP contribution in [0.1, 0.15) is 24.8 Å². The molecule has 1 unspecified atom stereocenters. The molecule has 20 heavy (non-hydrogen) atoms. The van der Waals surface area contributed by atoms with Crippen molar-refractivity contribution in [2.24, 2.45) is 5.92 Å². The average Bonchev–Trinajstić information content (AvgIpc) is 3.09. The minimum Gasteiger partial charge on any atom is -0.312 e. The molecule has 0 saturated carbocycles. The fraction of sp³-hybridized carbons (Fsp3) is 0.562. The highest BCUT2D eigenvalue weighted by Crippen LogP contribution is 2.30. The molecule has 3 rings (SSSR count). The fourth-order valence-electron chi connectivity index (χ4n) is 3.21. The third-order valence-electron chi connectivity index (χ3n) is 4.30. The minimum atomic E-state index is 0.267. The van der Waals surface area contributed by atoms with Gasteiger partial charge in [0.05, 0.1) is 0 Å². The molecule has 0 radical (unpaired) electrons. The van der Waals surface area contributed by atoms with Gasteiger partial charge in [-0.3, -0.25) is 9.69 Å². The zero-order chi connectivity index (χ0) is 13.9. The van der Waals surface area contributed by atoms with Crippen LogP contribution in [0.15, 0.2) is 24.3 Å². The van der Waals surface area contributed by atoms with E-state index in [0.29, 0.717) is 12.3 Å². The highest BCUT2D eigenvalue weighted by molar-refractivity contribution is 9.09. The summed E-state index contributed by atoms with van der Waals surface area (Å²) >= 11 is 3.51. The quantitative estimate of drug-likeness (QED) is 0.789. The van der Waals surface area contributed by atoms with Crippen LogP contribution >= 0.6 is 15.9 Å². The molecule has 0 bridgehead atoms. The van der Waals surface area contributed by atoms with Crippen LogP contribution in [0.25, 0.3) is 0 Å². The summed E-state index contributed by atoms with van der Waals surface area (Å²) < 4.78 is 0. The maximum atomic E-state index is 12.2. The van der Waals surface area contributed by atoms with Gasteiger partial charge in [-0.05, 0) is 43.5 Å². The van der Waals surface area contributed by atoms with E-state index >= 15 is 0 Å². The third-order valence-corrected chi connectivity index (χ3v) is 5.21. The Labute approximate surface area is 129 Å². The van der Waals surface area contributed by atoms with Crippen LogP contribution in [-0.4, -0.2) is 35.8 Å². The number of hydrogen-bond donors (Lipinski definition) is 0. The molecule has 2 heterocycles. The molecule has 2 aliphatic heterocycles. The summed E-state index contributed by atoms with van der Waals surface area (Å²) in [5.41, 5.74) is 2.41. The van der Waals surface area contributed by atoms with Crippen LogP contribution in [0.3, 0.4) is 0 Å². The first kappa shape index (κ1) is 14.1. The van der Waals surface area contributed by atoms with E-state index in [2.05, 4.69) is 39.0 Å². The van der Waals surface area contributed by atoms with Gasteiger partial charge in [-0.15, -0.1) is 0 Å². The topological polar surface area (TPSA) is 23.6 Å². The lowest BCUT2D eigenvalue weighted by atomic mass is 10.1. The molecule has 3 nitrogen and oxygen atoms in total. The van der Waals surface area contributed by atoms with Crippen molar-refractivity contribution in [3.8, 4) is 0 Å². The second-order valence-electron chi connectivity index (χ2n) is 5.84. The van der Waals surface area contributed by atoms with E-state index in [4.69, 9.17) is 0 Å². The number of benzene rings is 1. The lowest BCUT2D eigenvalue weighted by Crippen LogP contribution is -2.27. The average molecular weight is 337 g/mol. The molecule has 1 atom stereocenters. The molecule has 4 heteroatoms. The SMILES string of the molecule is O=C1CC(CBr)CN1c1ccccc1CN1CCCC1. The molecule has 0 N–H and O–H groups in total. The zero-order valence-electron chi connectivity index (χ0n) is 11.7. The number of carbonyl (C=O) groups is 1. The van der Waals surface area contributed by atoms with Gasteiger partial charge in [0.25, 0.3) is 0 Å². The van der Waals surface area contributed by atoms with Crippen molar-refractivity contribution in [2.75, 3.05) is 29.9 Å². The highest BCUT2D eigenvalue weighted by Gasteiger charge is 2.31. The Morgan fingerprint density at radius 2 is 1.95 bits per heavy atom. The minimum absolute atomic E-state index is 0.267. The van der Waals surface area contributed by atoms with Gasteiger partial charge in [0.2, 0.25) is 5.91 Å². The lowest BCUT2D eigenvalue weighted by Gasteiger charge is -2.23. The van der Waals surface area contributed by atoms with Crippen LogP contribution in [0.5, 0.6) is 0 Å². The number of nitrogens with zero attached hydrogens (tertiary/aromatic N) is 2. The number of amides is 1. The lowest BCUT2D eigenvalue weighted by molar-refractivity contribution is -0.117. The van der Waals surface area contributed by atoms with Crippen molar-refractivity contribution in [1.82, 2.24) is 4.90 Å². The normalized spacial score (nSPS) is 23.8. The number of carbonyl (C=O) groups excluding carboxylic acids is 1. The van der Waals surface area contributed by atoms with E-state index in [1.54, 1.807) is 0 Å². The number of rotatable bonds is 4. The molecular formula is C16H21BrN2O. The molecule has 108 valence electrons. The number of likely N-dealkylation sites (tertiary alicyclic amines) is 1. The Bertz CT molecular complexity index is 485. The van der Waals surface area contributed by atoms with Gasteiger partial charge in [-0.2, -0.15) is 0 Å². The molecule has 2 fully saturated rings. The van der Waals surface area contributed by atoms with E-state index in [1.807, 2.05) is 11.0 Å². The van der Waals surface area contributed by atoms with Crippen molar-refractivity contribution >= 4 is 27.5 Å². The Balaban J connectivity index is 1.80. The van der Waals surface area contributed by atoms with Gasteiger partial charge >= 0.3 is 0 Å². The summed E-state index contributed by atoms with van der Waals surface area (Å²) in [6, 6.07) is 8.39. The van der Waals surface area contributed by atoms with Gasteiger partial charge in [0.1, 0.15) is 0 Å². The summed E-state index contributed by atoms with van der Waals surface area (Å²) in [4.78, 5) is 16.7. The first-order valence-electron chi connectivity index (χ1n) is 7.44. The van der Waals surface area contributed by atoms with Crippen LogP contribution in [0.4, 0.5) is 5.69 Å². The van der Waals surface area contributed by atoms with E-state index < -0.39 is 0 Å². The van der Waals surface area contributed by atoms with Crippen molar-refractivity contribution in [2.45, 2.75) is 25.8 Å². The zero-order valence-corrected chi connectivity index (χ0v) is 13.3. The van der Waals surface area contributed by atoms with Crippen LogP contribution in [0, 0.1) is 5.92 Å². The van der Waals surface area contributed by atoms with E-state index in [9.17, 15) is 4.79 Å². The van der Waals surface area contributed by atoms with Gasteiger partial charge in [-0.1, -0.05) is 34.1 Å². The number of halogens is 1. The summed E-state index contributed by atoms with van der Waals surface area (Å²) in [7, 11) is 0. The Hall–Kier alpha value is -0.870. The molecule has 0 spiro atoms. The summed E-state index contributed by atoms with van der Waals surface area (Å²) in [5.74, 6) is 0.714. The van der Waals surface area contributed by atoms with Crippen molar-refractivity contribution in [3.05, 3.63) is 29.8 Å². The summed E-state index contributed by atoms with van der Waals surface area (Å²) in [6.07, 6.45) is 3.27. The second-order valence-corrected chi connectivity index (χ2v) is 6.49. The highest BCUT2D eigenvalue weighted by atomic mass is 79.9. The van der Waals surface area contributed by atoms with Gasteiger partial charge < -0.3 is 4.90 Å². The smallest absolute Gasteiger partial charge is 0.227 e. The number of hydrogen-bond acceptors (Lipinski definition) is 2. The predicted octanol–water partition coefficient (Wildman–Crippen LogP) is 3.03. The monoisotopic (exact) mass is 336 g/mol. The summed E-state index contributed by atoms with van der Waals surface area (Å²) in [6.45, 7) is 4.19. The summed E-state index contributed by atoms with van der Waals surface area (Å²) in [5, 5.41) is 0.906. The van der Waals surface area contributed by atoms with E-state index in [-0.39, 0.29) is 5.91 Å². The van der Waals surface area contributed by atoms with Crippen LogP contribution in [-0.2, 0) is 11.3 Å². The number of alkyl halides is 1. The Morgan fingerprint density at radius 3 is 2.65 bits per heavy atom. The Kier molecular flexibility index (Phi) is 4.41. The molecule has 2 aliphatic rings. The first-order chi connectivity index (χ1) is 9.78. The predicted molar refractivity (Wildman–Crippen MR) is 85.2 cm³/mol. The Morgan fingerprint density at radius 1 is 1.20 bits per heavy atom. The van der Waals surface area contributed by atoms with Crippen LogP contribution in [0.2, 0.25) is 0 Å². The van der Waals surface area contributed by atoms with Crippen molar-refractivity contribution in [1.29, 1.82) is 0 Å². The molecule has 2 saturated heterocycles. The molecule has 0 aliphatic carbocycles. The van der Waals surface area contributed by atoms with Gasteiger partial charge in [-0.25, -0.2) is 0 Å². The molecular weight excluding hydrogens is 316 g/mol. The molecule has 0 aromatic heterocycles. The fourth-order valence-corrected chi connectivity index (χ4v) is 3.64. The molecule has 1 aromatic carbocycles. The van der Waals surface area contributed by atoms with E-state index in [0.717, 1.165) is 24.1 Å². The van der Waals surface area contributed by atoms with E-state index in [1.165, 1.54) is 31.5 Å². The third kappa shape index (κ3) is 2.91. The standard InChI is InChI=1S/C16H21BrN2O/c17-10-13-9-16(20)19(11-13)15-6-2-1-5-14(15)12-18-7-3-4-8-18/h1-2,5-6,13H,3-4,7-12H2. The van der Waals surface area contributed by atoms with Crippen molar-refractivity contribution in [3.63, 3.8) is 0 Å². The number of anilines is 1. The maximum Gasteiger partial charge on any atom is 0.227 e. The second kappa shape index (κ2) is 6.27. The molecule has 1 aromatic rings. The van der Waals surface area contributed by atoms with Crippen LogP contribution < -0.4 is 4.90 Å². The maximum absolute atomic E-state index is 12.2. The number of para-hydroxylation sites is 1. The molecule has 1 amide bonds. The van der Waals surface area contributed by atoms with Gasteiger partial charge in [0, 0.05) is 30.5 Å². The largest absolute Gasteiger partial charge is 0.312 e. The first-order valence-corrected chi connectivity index (χ1v) is 8.56. The van der Waals surface area contributed by atoms with Gasteiger partial charge in [0.15, 0.2) is 0 Å².